The molecule has 2 aromatic rings. The molecule has 1 aliphatic heterocycles. The minimum atomic E-state index is -0.0303. The molecule has 2 heterocycles. The first-order chi connectivity index (χ1) is 9.24. The van der Waals surface area contributed by atoms with Crippen LogP contribution in [0.4, 0.5) is 0 Å². The van der Waals surface area contributed by atoms with Gasteiger partial charge in [-0.25, -0.2) is 4.68 Å². The Morgan fingerprint density at radius 2 is 2.26 bits per heavy atom. The van der Waals surface area contributed by atoms with Gasteiger partial charge in [-0.3, -0.25) is 9.69 Å². The average Bonchev–Trinajstić information content (AvgIpc) is 2.42. The summed E-state index contributed by atoms with van der Waals surface area (Å²) in [4.78, 5) is 14.5. The molecule has 3 rings (SSSR count). The predicted octanol–water partition coefficient (Wildman–Crippen LogP) is 1.07. The van der Waals surface area contributed by atoms with Crippen LogP contribution >= 0.6 is 0 Å². The number of hydrogen-bond donors (Lipinski definition) is 0. The first-order valence-corrected chi connectivity index (χ1v) is 6.53. The molecule has 5 nitrogen and oxygen atoms in total. The maximum absolute atomic E-state index is 12.3. The van der Waals surface area contributed by atoms with Gasteiger partial charge in [-0.1, -0.05) is 18.2 Å². The van der Waals surface area contributed by atoms with Crippen molar-refractivity contribution in [1.29, 1.82) is 0 Å². The summed E-state index contributed by atoms with van der Waals surface area (Å²) < 4.78 is 7.02. The molecule has 19 heavy (non-hydrogen) atoms. The molecule has 0 saturated carbocycles. The summed E-state index contributed by atoms with van der Waals surface area (Å²) in [6.45, 7) is 4.95. The van der Waals surface area contributed by atoms with E-state index in [1.165, 1.54) is 4.68 Å². The molecule has 0 bridgehead atoms. The van der Waals surface area contributed by atoms with Crippen molar-refractivity contribution in [3.05, 3.63) is 40.8 Å². The number of nitrogens with zero attached hydrogens (tertiary/aromatic N) is 3. The summed E-state index contributed by atoms with van der Waals surface area (Å²) in [7, 11) is 0. The number of rotatable bonds is 2. The number of fused-ring (bicyclic) bond motifs is 1. The van der Waals surface area contributed by atoms with Gasteiger partial charge in [0.25, 0.3) is 5.56 Å². The number of aromatic nitrogens is 2. The van der Waals surface area contributed by atoms with Gasteiger partial charge in [0.15, 0.2) is 0 Å². The van der Waals surface area contributed by atoms with E-state index in [9.17, 15) is 4.79 Å². The molecule has 0 unspecified atom stereocenters. The lowest BCUT2D eigenvalue weighted by molar-refractivity contribution is -0.0309. The molecular formula is C14H17N3O2. The van der Waals surface area contributed by atoms with Crippen LogP contribution in [0.2, 0.25) is 0 Å². The first kappa shape index (κ1) is 12.3. The normalized spacial score (nSPS) is 20.8. The molecule has 1 aliphatic rings. The van der Waals surface area contributed by atoms with E-state index in [4.69, 9.17) is 4.74 Å². The van der Waals surface area contributed by atoms with E-state index in [0.717, 1.165) is 23.9 Å². The number of morpholine rings is 1. The molecule has 0 spiro atoms. The minimum absolute atomic E-state index is 0.0303. The molecule has 1 aromatic carbocycles. The van der Waals surface area contributed by atoms with Gasteiger partial charge in [-0.15, -0.1) is 0 Å². The van der Waals surface area contributed by atoms with E-state index in [-0.39, 0.29) is 11.7 Å². The fourth-order valence-electron chi connectivity index (χ4n) is 2.44. The number of hydrogen-bond acceptors (Lipinski definition) is 4. The molecule has 1 aromatic heterocycles. The van der Waals surface area contributed by atoms with E-state index >= 15 is 0 Å². The Morgan fingerprint density at radius 3 is 3.11 bits per heavy atom. The van der Waals surface area contributed by atoms with Crippen molar-refractivity contribution in [2.75, 3.05) is 19.7 Å². The third-order valence-corrected chi connectivity index (χ3v) is 3.42. The molecule has 1 saturated heterocycles. The van der Waals surface area contributed by atoms with Gasteiger partial charge in [0.2, 0.25) is 0 Å². The first-order valence-electron chi connectivity index (χ1n) is 6.53. The molecule has 1 atom stereocenters. The lowest BCUT2D eigenvalue weighted by Gasteiger charge is -2.30. The zero-order valence-corrected chi connectivity index (χ0v) is 11.0. The maximum Gasteiger partial charge on any atom is 0.275 e. The van der Waals surface area contributed by atoms with Crippen LogP contribution in [0.15, 0.2) is 35.3 Å². The summed E-state index contributed by atoms with van der Waals surface area (Å²) in [5.41, 5.74) is -0.0303. The summed E-state index contributed by atoms with van der Waals surface area (Å²) in [5.74, 6) is 0. The Morgan fingerprint density at radius 1 is 1.42 bits per heavy atom. The van der Waals surface area contributed by atoms with Gasteiger partial charge in [-0.2, -0.15) is 5.10 Å². The molecule has 0 aliphatic carbocycles. The van der Waals surface area contributed by atoms with Crippen molar-refractivity contribution in [3.63, 3.8) is 0 Å². The highest BCUT2D eigenvalue weighted by Gasteiger charge is 2.17. The van der Waals surface area contributed by atoms with Crippen LogP contribution < -0.4 is 5.56 Å². The molecule has 0 N–H and O–H groups in total. The van der Waals surface area contributed by atoms with E-state index in [1.54, 1.807) is 6.20 Å². The van der Waals surface area contributed by atoms with Crippen molar-refractivity contribution < 1.29 is 4.74 Å². The summed E-state index contributed by atoms with van der Waals surface area (Å²) in [6, 6.07) is 7.55. The second kappa shape index (κ2) is 5.11. The van der Waals surface area contributed by atoms with Gasteiger partial charge in [0, 0.05) is 18.5 Å². The number of ether oxygens (including phenoxy) is 1. The van der Waals surface area contributed by atoms with Gasteiger partial charge in [0.1, 0.15) is 0 Å². The van der Waals surface area contributed by atoms with Crippen LogP contribution in [0.5, 0.6) is 0 Å². The van der Waals surface area contributed by atoms with Gasteiger partial charge >= 0.3 is 0 Å². The van der Waals surface area contributed by atoms with E-state index in [1.807, 2.05) is 31.2 Å². The standard InChI is InChI=1S/C14H17N3O2/c1-11-9-16(6-7-19-11)10-17-14(18)13-5-3-2-4-12(13)8-15-17/h2-5,8,11H,6-7,9-10H2,1H3/t11-/m1/s1. The Hall–Kier alpha value is -1.72. The van der Waals surface area contributed by atoms with Gasteiger partial charge in [-0.05, 0) is 13.0 Å². The Labute approximate surface area is 111 Å². The van der Waals surface area contributed by atoms with Crippen molar-refractivity contribution >= 4 is 10.8 Å². The highest BCUT2D eigenvalue weighted by Crippen LogP contribution is 2.08. The SMILES string of the molecule is C[C@@H]1CN(Cn2ncc3ccccc3c2=O)CCO1. The molecule has 5 heteroatoms. The highest BCUT2D eigenvalue weighted by molar-refractivity contribution is 5.80. The quantitative estimate of drug-likeness (QED) is 0.809. The molecular weight excluding hydrogens is 242 g/mol. The topological polar surface area (TPSA) is 47.4 Å². The fraction of sp³-hybridized carbons (Fsp3) is 0.429. The second-order valence-electron chi connectivity index (χ2n) is 4.94. The third kappa shape index (κ3) is 2.52. The molecule has 1 fully saturated rings. The van der Waals surface area contributed by atoms with Crippen LogP contribution in [-0.2, 0) is 11.4 Å². The monoisotopic (exact) mass is 259 g/mol. The van der Waals surface area contributed by atoms with Crippen LogP contribution in [0, 0.1) is 0 Å². The maximum atomic E-state index is 12.3. The molecule has 0 radical (unpaired) electrons. The fourth-order valence-corrected chi connectivity index (χ4v) is 2.44. The predicted molar refractivity (Wildman–Crippen MR) is 73.0 cm³/mol. The second-order valence-corrected chi connectivity index (χ2v) is 4.94. The Bertz CT molecular complexity index is 638. The Kier molecular flexibility index (Phi) is 3.31. The van der Waals surface area contributed by atoms with Crippen molar-refractivity contribution in [2.24, 2.45) is 0 Å². The molecule has 0 amide bonds. The van der Waals surface area contributed by atoms with Crippen molar-refractivity contribution in [2.45, 2.75) is 19.7 Å². The summed E-state index contributed by atoms with van der Waals surface area (Å²) in [6.07, 6.45) is 1.96. The Balaban J connectivity index is 1.89. The zero-order chi connectivity index (χ0) is 13.2. The van der Waals surface area contributed by atoms with E-state index < -0.39 is 0 Å². The minimum Gasteiger partial charge on any atom is -0.376 e. The summed E-state index contributed by atoms with van der Waals surface area (Å²) >= 11 is 0. The average molecular weight is 259 g/mol. The lowest BCUT2D eigenvalue weighted by Crippen LogP contribution is -2.44. The van der Waals surface area contributed by atoms with Crippen LogP contribution in [-0.4, -0.2) is 40.5 Å². The lowest BCUT2D eigenvalue weighted by atomic mass is 10.2. The van der Waals surface area contributed by atoms with Crippen molar-refractivity contribution in [1.82, 2.24) is 14.7 Å². The largest absolute Gasteiger partial charge is 0.376 e. The van der Waals surface area contributed by atoms with E-state index in [0.29, 0.717) is 13.3 Å². The third-order valence-electron chi connectivity index (χ3n) is 3.42. The van der Waals surface area contributed by atoms with E-state index in [2.05, 4.69) is 10.00 Å². The number of benzene rings is 1. The van der Waals surface area contributed by atoms with Crippen LogP contribution in [0.3, 0.4) is 0 Å². The molecule has 100 valence electrons. The summed E-state index contributed by atoms with van der Waals surface area (Å²) in [5, 5.41) is 5.86. The highest BCUT2D eigenvalue weighted by atomic mass is 16.5. The smallest absolute Gasteiger partial charge is 0.275 e. The van der Waals surface area contributed by atoms with Gasteiger partial charge in [0.05, 0.1) is 31.0 Å². The van der Waals surface area contributed by atoms with Crippen LogP contribution in [0.25, 0.3) is 10.8 Å². The van der Waals surface area contributed by atoms with Gasteiger partial charge < -0.3 is 4.74 Å². The van der Waals surface area contributed by atoms with Crippen molar-refractivity contribution in [3.8, 4) is 0 Å². The zero-order valence-electron chi connectivity index (χ0n) is 11.0. The van der Waals surface area contributed by atoms with Crippen LogP contribution in [0.1, 0.15) is 6.92 Å².